The summed E-state index contributed by atoms with van der Waals surface area (Å²) < 4.78 is 63.4. The molecule has 133 heavy (non-hydrogen) atoms. The molecule has 3 fully saturated rings. The van der Waals surface area contributed by atoms with Gasteiger partial charge in [-0.05, 0) is 247 Å². The van der Waals surface area contributed by atoms with Crippen molar-refractivity contribution >= 4 is 128 Å². The second-order valence-electron chi connectivity index (χ2n) is 35.4. The number of rotatable bonds is 24. The number of benzene rings is 4. The molecule has 2 atom stereocenters. The Hall–Kier alpha value is -14.0. The number of aromatic nitrogens is 10. The largest absolute Gasteiger partial charge is 0.357 e. The molecule has 0 radical (unpaired) electrons. The number of anilines is 4. The van der Waals surface area contributed by atoms with Gasteiger partial charge in [0.2, 0.25) is 11.8 Å². The molecule has 10 heterocycles. The van der Waals surface area contributed by atoms with Crippen LogP contribution in [0.4, 0.5) is 40.3 Å². The topological polar surface area (TPSA) is 462 Å². The summed E-state index contributed by atoms with van der Waals surface area (Å²) in [6.45, 7) is 20.5. The van der Waals surface area contributed by atoms with Crippen molar-refractivity contribution in [1.29, 1.82) is 0 Å². The molecule has 0 unspecified atom stereocenters. The predicted octanol–water partition coefficient (Wildman–Crippen LogP) is 11.1. The van der Waals surface area contributed by atoms with E-state index < -0.39 is 122 Å². The van der Waals surface area contributed by atoms with Gasteiger partial charge in [0.1, 0.15) is 62.7 Å². The van der Waals surface area contributed by atoms with Crippen molar-refractivity contribution in [2.45, 2.75) is 208 Å². The van der Waals surface area contributed by atoms with Gasteiger partial charge in [-0.1, -0.05) is 41.4 Å². The lowest BCUT2D eigenvalue weighted by molar-refractivity contribution is -0.130. The first-order valence-corrected chi connectivity index (χ1v) is 43.9. The third-order valence-corrected chi connectivity index (χ3v) is 26.3. The van der Waals surface area contributed by atoms with Crippen molar-refractivity contribution in [3.8, 4) is 0 Å². The van der Waals surface area contributed by atoms with Crippen LogP contribution in [-0.4, -0.2) is 156 Å². The average Bonchev–Trinajstić information content (AvgIpc) is 1.54. The number of carbonyl (C=O) groups is 14. The van der Waals surface area contributed by atoms with Gasteiger partial charge in [-0.3, -0.25) is 67.1 Å². The van der Waals surface area contributed by atoms with Crippen molar-refractivity contribution in [2.24, 2.45) is 5.92 Å². The molecular formula is C93H98Cl2F4N20O14. The monoisotopic (exact) mass is 1860 g/mol. The van der Waals surface area contributed by atoms with Crippen LogP contribution in [0.15, 0.2) is 73.1 Å². The van der Waals surface area contributed by atoms with E-state index in [4.69, 9.17) is 23.2 Å². The number of nitrogens with one attached hydrogen (secondary N) is 12. The van der Waals surface area contributed by atoms with Crippen molar-refractivity contribution in [1.82, 2.24) is 81.0 Å². The SMILES string of the molecule is CNC(=O)C(C)(C)NC(=O)C(=O)c1c(C)c(C(=O)Nc2cc(F)c(C)c(F)c2)n2c1CCC2.CNC(=O)C(C)(C)NC(=O)C(=O)c1c(C)c(C(=O)Nc2ccc(C)c(Cl)c2)n2c1CCC2.Cc1ccc(NC(=O)c2c(C)c(C(=O)C(=O)NC3(c4cn[nH]n4)CC3)c3n2CCC3)c(F)c1Cl.Cc1ccc(NC(=O)c2c(C)c(C(=O)C(=O)NC3(c4cn[nH]n4)CC3)c3n2[C@@H]2C[C@@H]2C3)cc1F. The number of Topliss-reactive ketones (excluding diaryl/α,β-unsaturated/α-hetero) is 4. The highest BCUT2D eigenvalue weighted by Gasteiger charge is 2.54. The Labute approximate surface area is 769 Å². The maximum Gasteiger partial charge on any atom is 0.293 e. The van der Waals surface area contributed by atoms with Crippen LogP contribution in [0, 0.1) is 84.6 Å². The van der Waals surface area contributed by atoms with E-state index in [1.165, 1.54) is 67.0 Å². The van der Waals surface area contributed by atoms with E-state index in [0.717, 1.165) is 42.7 Å². The molecule has 4 aromatic carbocycles. The number of aryl methyl sites for hydroxylation is 3. The van der Waals surface area contributed by atoms with Gasteiger partial charge < -0.3 is 71.4 Å². The molecule has 4 aliphatic heterocycles. The number of halogens is 6. The van der Waals surface area contributed by atoms with Crippen molar-refractivity contribution < 1.29 is 84.7 Å². The minimum Gasteiger partial charge on any atom is -0.357 e. The highest BCUT2D eigenvalue weighted by atomic mass is 35.5. The van der Waals surface area contributed by atoms with Gasteiger partial charge in [0, 0.05) is 90.2 Å². The molecule has 12 N–H and O–H groups in total. The van der Waals surface area contributed by atoms with E-state index >= 15 is 0 Å². The van der Waals surface area contributed by atoms with Crippen LogP contribution in [0.1, 0.15) is 247 Å². The Morgan fingerprint density at radius 1 is 0.444 bits per heavy atom. The molecule has 3 aliphatic carbocycles. The highest BCUT2D eigenvalue weighted by Crippen LogP contribution is 2.55. The lowest BCUT2D eigenvalue weighted by atomic mass is 10.00. The molecule has 0 spiro atoms. The van der Waals surface area contributed by atoms with Gasteiger partial charge in [-0.15, -0.1) is 0 Å². The molecule has 34 nitrogen and oxygen atoms in total. The van der Waals surface area contributed by atoms with E-state index in [-0.39, 0.29) is 67.6 Å². The number of carbonyl (C=O) groups excluding carboxylic acids is 14. The van der Waals surface area contributed by atoms with Crippen LogP contribution in [0.5, 0.6) is 0 Å². The van der Waals surface area contributed by atoms with E-state index in [1.54, 1.807) is 97.8 Å². The molecule has 40 heteroatoms. The summed E-state index contributed by atoms with van der Waals surface area (Å²) in [6.07, 6.45) is 11.1. The number of amides is 10. The maximum absolute atomic E-state index is 14.6. The summed E-state index contributed by atoms with van der Waals surface area (Å²) in [5.74, 6) is -11.6. The summed E-state index contributed by atoms with van der Waals surface area (Å²) in [4.78, 5) is 181. The molecular weight excluding hydrogens is 1770 g/mol. The second kappa shape index (κ2) is 37.0. The minimum atomic E-state index is -1.32. The smallest absolute Gasteiger partial charge is 0.293 e. The first-order valence-electron chi connectivity index (χ1n) is 43.1. The van der Waals surface area contributed by atoms with E-state index in [0.29, 0.717) is 173 Å². The average molecular weight is 1870 g/mol. The summed E-state index contributed by atoms with van der Waals surface area (Å²) in [7, 11) is 2.87. The fourth-order valence-corrected chi connectivity index (χ4v) is 18.2. The molecule has 6 aromatic heterocycles. The Morgan fingerprint density at radius 2 is 0.820 bits per heavy atom. The quantitative estimate of drug-likeness (QED) is 0.0152. The normalized spacial score (nSPS) is 15.6. The molecule has 17 rings (SSSR count). The minimum absolute atomic E-state index is 0.0533. The molecule has 3 saturated carbocycles. The first-order chi connectivity index (χ1) is 62.9. The Kier molecular flexibility index (Phi) is 26.4. The maximum atomic E-state index is 14.6. The van der Waals surface area contributed by atoms with Gasteiger partial charge in [0.15, 0.2) is 5.82 Å². The van der Waals surface area contributed by atoms with Crippen LogP contribution in [0.3, 0.4) is 0 Å². The van der Waals surface area contributed by atoms with Gasteiger partial charge in [-0.25, -0.2) is 17.6 Å². The molecule has 0 bridgehead atoms. The summed E-state index contributed by atoms with van der Waals surface area (Å²) in [5, 5.41) is 47.3. The number of ketones is 4. The zero-order valence-corrected chi connectivity index (χ0v) is 76.8. The van der Waals surface area contributed by atoms with Crippen LogP contribution in [0.2, 0.25) is 10.0 Å². The van der Waals surface area contributed by atoms with E-state index in [2.05, 4.69) is 84.0 Å². The van der Waals surface area contributed by atoms with E-state index in [1.807, 2.05) is 11.5 Å². The molecule has 0 saturated heterocycles. The Balaban J connectivity index is 0.000000143. The highest BCUT2D eigenvalue weighted by molar-refractivity contribution is 6.46. The molecule has 7 aliphatic rings. The Morgan fingerprint density at radius 3 is 1.23 bits per heavy atom. The summed E-state index contributed by atoms with van der Waals surface area (Å²) in [5.41, 5.74) is 5.80. The lowest BCUT2D eigenvalue weighted by Crippen LogP contribution is -2.55. The number of hydrogen-bond acceptors (Lipinski definition) is 18. The predicted molar refractivity (Wildman–Crippen MR) is 480 cm³/mol. The van der Waals surface area contributed by atoms with E-state index in [9.17, 15) is 84.7 Å². The summed E-state index contributed by atoms with van der Waals surface area (Å²) in [6, 6.07) is 15.0. The van der Waals surface area contributed by atoms with Crippen LogP contribution in [-0.2, 0) is 85.2 Å². The number of nitrogens with zero attached hydrogens (tertiary/aromatic N) is 8. The van der Waals surface area contributed by atoms with Gasteiger partial charge >= 0.3 is 0 Å². The third kappa shape index (κ3) is 18.5. The van der Waals surface area contributed by atoms with Crippen molar-refractivity contribution in [3.63, 3.8) is 0 Å². The van der Waals surface area contributed by atoms with Crippen LogP contribution < -0.4 is 53.2 Å². The molecule has 10 amide bonds. The fraction of sp³-hybridized carbons (Fsp3) is 0.376. The fourth-order valence-electron chi connectivity index (χ4n) is 17.9. The lowest BCUT2D eigenvalue weighted by Gasteiger charge is -2.23. The first kappa shape index (κ1) is 95.1. The van der Waals surface area contributed by atoms with Crippen molar-refractivity contribution in [2.75, 3.05) is 35.4 Å². The summed E-state index contributed by atoms with van der Waals surface area (Å²) >= 11 is 12.1. The zero-order chi connectivity index (χ0) is 96.4. The van der Waals surface area contributed by atoms with Gasteiger partial charge in [0.05, 0.1) is 56.4 Å². The second-order valence-corrected chi connectivity index (χ2v) is 36.2. The van der Waals surface area contributed by atoms with Crippen LogP contribution >= 0.6 is 23.2 Å². The Bertz CT molecular complexity index is 6560. The standard InChI is InChI=1S/C24H23FN6O3.C23H22ClFN6O3.C23H27ClN4O4.C23H26F2N4O4/c1-11-3-4-14(9-15(11)25)27-22(33)20-12(2)19(17-8-13-7-16(13)31(17)20)21(32)23(34)28-24(5-6-24)18-10-26-30-29-18;1-11-5-6-13(18(25)17(11)24)27-21(33)19-12(2)16(14-4-3-9-31(14)19)20(32)22(34)28-23(7-8-23)15-10-26-30-29-15;1-12-8-9-14(11-15(12)24)26-20(30)18-13(2)17(16-7-6-10-28(16)18)19(29)21(31)27-23(3,4)22(32)25-5;1-11-14(24)9-13(10-15(11)25)27-20(31)18-12(2)17(16-7-6-8-29(16)18)19(30)21(32)28-23(3,4)22(33)26-5/h3-4,9-10,13,16H,5-8H2,1-2H3,(H,27,33)(H,28,34)(H,26,29,30);5-6,10H,3-4,7-9H2,1-2H3,(H,27,33)(H,28,34)(H,26,29,30);8-9,11H,6-7,10H2,1-5H3,(H,25,32)(H,26,30)(H,27,31);9-10H,6-8H2,1-5H3,(H,26,33)(H,27,31)(H,28,32)/t13-,16-;;;/m1.../s1. The van der Waals surface area contributed by atoms with Crippen LogP contribution in [0.25, 0.3) is 0 Å². The molecule has 10 aromatic rings. The number of hydrogen-bond donors (Lipinski definition) is 12. The number of likely N-dealkylation sites (N-methyl/N-ethyl adjacent to an activating group) is 2. The number of H-pyrrole nitrogens is 2. The van der Waals surface area contributed by atoms with Gasteiger partial charge in [-0.2, -0.15) is 30.8 Å². The molecule has 696 valence electrons. The number of aromatic amines is 2. The van der Waals surface area contributed by atoms with Gasteiger partial charge in [0.25, 0.3) is 70.4 Å². The number of fused-ring (bicyclic) bond motifs is 6. The zero-order valence-electron chi connectivity index (χ0n) is 75.3. The van der Waals surface area contributed by atoms with Crippen molar-refractivity contribution in [3.05, 3.63) is 230 Å². The third-order valence-electron chi connectivity index (χ3n) is 25.4.